The molecule has 3 atom stereocenters. The fourth-order valence-corrected chi connectivity index (χ4v) is 19.7. The molecule has 3 unspecified atom stereocenters. The van der Waals surface area contributed by atoms with Gasteiger partial charge in [0, 0.05) is 126 Å². The van der Waals surface area contributed by atoms with Crippen molar-refractivity contribution in [2.75, 3.05) is 196 Å². The highest BCUT2D eigenvalue weighted by atomic mass is 28.4. The molecule has 3 aliphatic rings. The zero-order valence-electron chi connectivity index (χ0n) is 40.1. The van der Waals surface area contributed by atoms with Gasteiger partial charge < -0.3 is 93.9 Å². The largest absolute Gasteiger partial charge is 0.515 e. The normalized spacial score (nSPS) is 24.5. The molecule has 0 aromatic carbocycles. The minimum absolute atomic E-state index is 0.137. The molecule has 0 aliphatic carbocycles. The first-order valence-corrected chi connectivity index (χ1v) is 32.0. The molecule has 3 fully saturated rings. The third kappa shape index (κ3) is 15.9. The molecule has 0 saturated carbocycles. The van der Waals surface area contributed by atoms with E-state index in [0.717, 1.165) is 0 Å². The fraction of sp³-hybridized carbons (Fsp3) is 1.00. The first kappa shape index (κ1) is 57.7. The second-order valence-corrected chi connectivity index (χ2v) is 31.8. The van der Waals surface area contributed by atoms with Crippen molar-refractivity contribution >= 4 is 52.8 Å². The molecule has 374 valence electrons. The summed E-state index contributed by atoms with van der Waals surface area (Å²) in [6.45, 7) is 2.23. The molecule has 24 nitrogen and oxygen atoms in total. The lowest BCUT2D eigenvalue weighted by molar-refractivity contribution is -0.117. The minimum Gasteiger partial charge on any atom is -0.376 e. The van der Waals surface area contributed by atoms with E-state index in [1.807, 2.05) is 0 Å². The Balaban J connectivity index is 1.81. The van der Waals surface area contributed by atoms with Crippen LogP contribution in [0.15, 0.2) is 0 Å². The lowest BCUT2D eigenvalue weighted by atomic mass is 10.3. The smallest absolute Gasteiger partial charge is 0.376 e. The molecule has 3 saturated heterocycles. The van der Waals surface area contributed by atoms with Crippen molar-refractivity contribution in [3.8, 4) is 0 Å². The summed E-state index contributed by atoms with van der Waals surface area (Å²) in [7, 11) is 5.29. The molecule has 0 amide bonds. The molecule has 0 radical (unpaired) electrons. The Labute approximate surface area is 381 Å². The van der Waals surface area contributed by atoms with E-state index in [9.17, 15) is 0 Å². The van der Waals surface area contributed by atoms with E-state index >= 15 is 0 Å². The topological polar surface area (TPSA) is 204 Å². The quantitative estimate of drug-likeness (QED) is 0.0674. The van der Waals surface area contributed by atoms with E-state index in [4.69, 9.17) is 93.9 Å². The minimum atomic E-state index is -3.16. The van der Waals surface area contributed by atoms with E-state index in [1.54, 1.807) is 107 Å². The predicted octanol–water partition coefficient (Wildman–Crippen LogP) is -1.93. The molecule has 30 heteroatoms. The van der Waals surface area contributed by atoms with E-state index in [2.05, 4.69) is 14.7 Å². The summed E-state index contributed by atoms with van der Waals surface area (Å²) in [5.41, 5.74) is 0. The monoisotopic (exact) mass is 1020 g/mol. The summed E-state index contributed by atoms with van der Waals surface area (Å²) in [5.74, 6) is 0. The van der Waals surface area contributed by atoms with E-state index in [1.165, 1.54) is 0 Å². The van der Waals surface area contributed by atoms with Crippen LogP contribution >= 0.6 is 0 Å². The van der Waals surface area contributed by atoms with Crippen LogP contribution in [-0.4, -0.2) is 288 Å². The molecule has 0 aromatic heterocycles. The summed E-state index contributed by atoms with van der Waals surface area (Å²) in [6, 6.07) is 0. The van der Waals surface area contributed by atoms with Crippen molar-refractivity contribution in [3.63, 3.8) is 0 Å². The Morgan fingerprint density at radius 1 is 0.413 bits per heavy atom. The van der Waals surface area contributed by atoms with Crippen LogP contribution in [0.5, 0.6) is 0 Å². The maximum atomic E-state index is 6.58. The van der Waals surface area contributed by atoms with Crippen LogP contribution in [0.3, 0.4) is 0 Å². The molecule has 63 heavy (non-hydrogen) atoms. The number of hydrogen-bond acceptors (Lipinski definition) is 24. The van der Waals surface area contributed by atoms with Gasteiger partial charge in [-0.2, -0.15) is 0 Å². The van der Waals surface area contributed by atoms with Crippen LogP contribution in [0.25, 0.3) is 0 Å². The molecule has 3 heterocycles. The van der Waals surface area contributed by atoms with Crippen LogP contribution in [0.4, 0.5) is 0 Å². The van der Waals surface area contributed by atoms with Crippen molar-refractivity contribution in [2.24, 2.45) is 0 Å². The SMILES string of the molecule is CO[Si](CN1CC(COCC(COCC2CN(C[Si](OC)(OC)OC)C[Si](OC)(OC)O2)OCC2CN(C[Si](OC)(OC)OC)C[Si](OC)(OC)O2)O[Si](OC)(OC)C1)(OC)OC. The Kier molecular flexibility index (Phi) is 25.2. The van der Waals surface area contributed by atoms with Crippen LogP contribution in [-0.2, 0) is 93.9 Å². The molecule has 3 rings (SSSR count). The highest BCUT2D eigenvalue weighted by molar-refractivity contribution is 6.64. The third-order valence-electron chi connectivity index (χ3n) is 11.3. The van der Waals surface area contributed by atoms with Crippen LogP contribution in [0, 0.1) is 0 Å². The maximum Gasteiger partial charge on any atom is 0.515 e. The number of ether oxygens (including phenoxy) is 3. The molecular weight excluding hydrogens is 943 g/mol. The van der Waals surface area contributed by atoms with Crippen molar-refractivity contribution in [2.45, 2.75) is 24.4 Å². The first-order valence-electron chi connectivity index (χ1n) is 20.4. The number of nitrogens with zero attached hydrogens (tertiary/aromatic N) is 3. The standard InChI is InChI=1S/C33H77N3O21Si6/c1-37-58(38-2,39-3)24-34-16-30(55-61(27-34,46-10)47-11)19-52-21-33(54-23-32-18-36(26-60(43-7,44-8)45-9)29-63(50-14,51-15)57-32)22-53-20-31-17-35(25-59(40-4,41-5)42-6)28-62(48-12,49-13)56-31/h30-33H,16-29H2,1-15H3. The van der Waals surface area contributed by atoms with Gasteiger partial charge in [-0.1, -0.05) is 0 Å². The van der Waals surface area contributed by atoms with Crippen molar-refractivity contribution in [1.29, 1.82) is 0 Å². The average molecular weight is 1020 g/mol. The van der Waals surface area contributed by atoms with Gasteiger partial charge in [0.15, 0.2) is 0 Å². The second-order valence-electron chi connectivity index (χ2n) is 14.9. The van der Waals surface area contributed by atoms with Gasteiger partial charge >= 0.3 is 52.8 Å². The van der Waals surface area contributed by atoms with Crippen molar-refractivity contribution < 1.29 is 93.9 Å². The molecule has 0 bridgehead atoms. The highest BCUT2D eigenvalue weighted by Crippen LogP contribution is 2.26. The maximum absolute atomic E-state index is 6.58. The molecule has 3 aliphatic heterocycles. The van der Waals surface area contributed by atoms with Crippen LogP contribution in [0.2, 0.25) is 0 Å². The van der Waals surface area contributed by atoms with E-state index in [0.29, 0.717) is 56.6 Å². The van der Waals surface area contributed by atoms with Crippen molar-refractivity contribution in [1.82, 2.24) is 14.7 Å². The summed E-state index contributed by atoms with van der Waals surface area (Å²) >= 11 is 0. The highest BCUT2D eigenvalue weighted by Gasteiger charge is 2.54. The molecule has 0 aromatic rings. The van der Waals surface area contributed by atoms with Gasteiger partial charge in [0.05, 0.1) is 88.4 Å². The van der Waals surface area contributed by atoms with Crippen LogP contribution in [0.1, 0.15) is 0 Å². The lowest BCUT2D eigenvalue weighted by Gasteiger charge is -2.43. The summed E-state index contributed by atoms with van der Waals surface area (Å²) in [6.07, 6.45) is 0.536. The van der Waals surface area contributed by atoms with Crippen molar-refractivity contribution in [3.05, 3.63) is 0 Å². The number of rotatable bonds is 32. The second kappa shape index (κ2) is 27.5. The van der Waals surface area contributed by atoms with Gasteiger partial charge in [0.2, 0.25) is 0 Å². The summed E-state index contributed by atoms with van der Waals surface area (Å²) < 4.78 is 126. The van der Waals surface area contributed by atoms with Crippen LogP contribution < -0.4 is 0 Å². The first-order chi connectivity index (χ1) is 30.2. The van der Waals surface area contributed by atoms with Gasteiger partial charge in [-0.25, -0.2) is 0 Å². The zero-order chi connectivity index (χ0) is 46.8. The van der Waals surface area contributed by atoms with E-state index < -0.39 is 77.2 Å². The predicted molar refractivity (Wildman–Crippen MR) is 235 cm³/mol. The zero-order valence-corrected chi connectivity index (χ0v) is 46.1. The average Bonchev–Trinajstić information content (AvgIpc) is 3.32. The summed E-state index contributed by atoms with van der Waals surface area (Å²) in [5, 5.41) is 0. The van der Waals surface area contributed by atoms with Gasteiger partial charge in [0.1, 0.15) is 6.10 Å². The molecule has 0 spiro atoms. The molecular formula is C33H77N3O21Si6. The Morgan fingerprint density at radius 3 is 0.905 bits per heavy atom. The Morgan fingerprint density at radius 2 is 0.667 bits per heavy atom. The van der Waals surface area contributed by atoms with Gasteiger partial charge in [-0.15, -0.1) is 0 Å². The third-order valence-corrected chi connectivity index (χ3v) is 27.7. The van der Waals surface area contributed by atoms with Gasteiger partial charge in [0.25, 0.3) is 0 Å². The molecule has 0 N–H and O–H groups in total. The van der Waals surface area contributed by atoms with Gasteiger partial charge in [-0.3, -0.25) is 14.7 Å². The van der Waals surface area contributed by atoms with E-state index in [-0.39, 0.29) is 33.0 Å². The summed E-state index contributed by atoms with van der Waals surface area (Å²) in [4.78, 5) is 6.36. The Hall–Kier alpha value is 0.341. The fourth-order valence-electron chi connectivity index (χ4n) is 7.61. The number of hydrogen-bond donors (Lipinski definition) is 0. The van der Waals surface area contributed by atoms with Gasteiger partial charge in [-0.05, 0) is 0 Å². The lowest BCUT2D eigenvalue weighted by Crippen LogP contribution is -2.66. The Bertz CT molecular complexity index is 1180.